The molecule has 0 aliphatic carbocycles. The molecule has 2 heterocycles. The minimum absolute atomic E-state index is 0.247. The molecule has 0 spiro atoms. The molecule has 148 valence electrons. The second kappa shape index (κ2) is 7.38. The summed E-state index contributed by atoms with van der Waals surface area (Å²) in [6, 6.07) is 13.4. The number of ether oxygens (including phenoxy) is 1. The van der Waals surface area contributed by atoms with Crippen LogP contribution in [0.25, 0.3) is 11.3 Å². The quantitative estimate of drug-likeness (QED) is 0.731. The smallest absolute Gasteiger partial charge is 0.414 e. The Labute approximate surface area is 166 Å². The molecular weight excluding hydrogens is 375 g/mol. The highest BCUT2D eigenvalue weighted by Gasteiger charge is 2.23. The first-order valence-corrected chi connectivity index (χ1v) is 9.08. The third-order valence-electron chi connectivity index (χ3n) is 4.76. The van der Waals surface area contributed by atoms with E-state index >= 15 is 0 Å². The summed E-state index contributed by atoms with van der Waals surface area (Å²) < 4.78 is 20.0. The average Bonchev–Trinajstić information content (AvgIpc) is 3.30. The number of hydrogen-bond acceptors (Lipinski definition) is 4. The molecule has 0 radical (unpaired) electrons. The first-order valence-electron chi connectivity index (χ1n) is 9.08. The SMILES string of the molecule is Cc1cc(-c2cc(C(=O)Nc3ccc(N4CCOC4=O)cc3)nn2C)ccc1F. The Morgan fingerprint density at radius 2 is 1.93 bits per heavy atom. The number of carbonyl (C=O) groups excluding carboxylic acids is 2. The fourth-order valence-electron chi connectivity index (χ4n) is 3.20. The summed E-state index contributed by atoms with van der Waals surface area (Å²) in [6.45, 7) is 2.56. The van der Waals surface area contributed by atoms with E-state index in [0.717, 1.165) is 5.56 Å². The van der Waals surface area contributed by atoms with Crippen molar-refractivity contribution in [3.05, 3.63) is 65.6 Å². The Morgan fingerprint density at radius 1 is 1.17 bits per heavy atom. The number of rotatable bonds is 4. The van der Waals surface area contributed by atoms with E-state index < -0.39 is 0 Å². The van der Waals surface area contributed by atoms with Gasteiger partial charge in [0.25, 0.3) is 5.91 Å². The summed E-state index contributed by atoms with van der Waals surface area (Å²) >= 11 is 0. The zero-order valence-electron chi connectivity index (χ0n) is 16.0. The number of benzene rings is 2. The van der Waals surface area contributed by atoms with Crippen molar-refractivity contribution in [2.24, 2.45) is 7.05 Å². The molecule has 3 aromatic rings. The molecule has 8 heteroatoms. The van der Waals surface area contributed by atoms with Gasteiger partial charge < -0.3 is 10.1 Å². The van der Waals surface area contributed by atoms with Crippen molar-refractivity contribution in [2.75, 3.05) is 23.4 Å². The average molecular weight is 394 g/mol. The van der Waals surface area contributed by atoms with Crippen molar-refractivity contribution in [3.8, 4) is 11.3 Å². The third-order valence-corrected chi connectivity index (χ3v) is 4.76. The standard InChI is InChI=1S/C21H19FN4O3/c1-13-11-14(3-8-17(13)22)19-12-18(24-25(19)2)20(27)23-15-4-6-16(7-5-15)26-9-10-29-21(26)28/h3-8,11-12H,9-10H2,1-2H3,(H,23,27). The van der Waals surface area contributed by atoms with Gasteiger partial charge in [-0.15, -0.1) is 0 Å². The summed E-state index contributed by atoms with van der Waals surface area (Å²) in [5.41, 5.74) is 3.54. The van der Waals surface area contributed by atoms with E-state index in [0.29, 0.717) is 35.8 Å². The zero-order chi connectivity index (χ0) is 20.5. The Bertz CT molecular complexity index is 1090. The minimum Gasteiger partial charge on any atom is -0.447 e. The molecular formula is C21H19FN4O3. The predicted octanol–water partition coefficient (Wildman–Crippen LogP) is 3.74. The molecule has 4 rings (SSSR count). The van der Waals surface area contributed by atoms with Crippen molar-refractivity contribution < 1.29 is 18.7 Å². The minimum atomic E-state index is -0.376. The van der Waals surface area contributed by atoms with Gasteiger partial charge in [0.1, 0.15) is 12.4 Å². The number of aryl methyl sites for hydroxylation is 2. The molecule has 0 unspecified atom stereocenters. The van der Waals surface area contributed by atoms with E-state index in [9.17, 15) is 14.0 Å². The first kappa shape index (κ1) is 18.7. The summed E-state index contributed by atoms with van der Waals surface area (Å²) in [5, 5.41) is 7.06. The van der Waals surface area contributed by atoms with Crippen molar-refractivity contribution in [3.63, 3.8) is 0 Å². The van der Waals surface area contributed by atoms with Crippen LogP contribution in [0.2, 0.25) is 0 Å². The largest absolute Gasteiger partial charge is 0.447 e. The molecule has 0 saturated carbocycles. The molecule has 2 aromatic carbocycles. The van der Waals surface area contributed by atoms with Gasteiger partial charge in [0, 0.05) is 24.0 Å². The maximum atomic E-state index is 13.5. The van der Waals surface area contributed by atoms with E-state index in [2.05, 4.69) is 10.4 Å². The van der Waals surface area contributed by atoms with Gasteiger partial charge in [-0.2, -0.15) is 5.10 Å². The number of halogens is 1. The Morgan fingerprint density at radius 3 is 2.59 bits per heavy atom. The lowest BCUT2D eigenvalue weighted by Crippen LogP contribution is -2.23. The van der Waals surface area contributed by atoms with Crippen LogP contribution in [-0.4, -0.2) is 34.9 Å². The van der Waals surface area contributed by atoms with Gasteiger partial charge in [0.2, 0.25) is 0 Å². The second-order valence-electron chi connectivity index (χ2n) is 6.77. The molecule has 7 nitrogen and oxygen atoms in total. The normalized spacial score (nSPS) is 13.5. The molecule has 0 bridgehead atoms. The van der Waals surface area contributed by atoms with Gasteiger partial charge in [0.05, 0.1) is 12.2 Å². The fourth-order valence-corrected chi connectivity index (χ4v) is 3.20. The lowest BCUT2D eigenvalue weighted by atomic mass is 10.1. The number of cyclic esters (lactones) is 1. The molecule has 1 aliphatic heterocycles. The molecule has 2 amide bonds. The van der Waals surface area contributed by atoms with E-state index in [-0.39, 0.29) is 23.5 Å². The summed E-state index contributed by atoms with van der Waals surface area (Å²) in [4.78, 5) is 25.7. The predicted molar refractivity (Wildman–Crippen MR) is 106 cm³/mol. The third kappa shape index (κ3) is 3.69. The van der Waals surface area contributed by atoms with E-state index in [4.69, 9.17) is 4.74 Å². The number of nitrogens with one attached hydrogen (secondary N) is 1. The monoisotopic (exact) mass is 394 g/mol. The van der Waals surface area contributed by atoms with Gasteiger partial charge in [-0.3, -0.25) is 14.4 Å². The van der Waals surface area contributed by atoms with Crippen LogP contribution in [0.1, 0.15) is 16.1 Å². The van der Waals surface area contributed by atoms with Gasteiger partial charge in [-0.05, 0) is 61.0 Å². The van der Waals surface area contributed by atoms with E-state index in [1.165, 1.54) is 11.0 Å². The molecule has 1 saturated heterocycles. The fraction of sp³-hybridized carbons (Fsp3) is 0.190. The second-order valence-corrected chi connectivity index (χ2v) is 6.77. The Balaban J connectivity index is 1.50. The van der Waals surface area contributed by atoms with Crippen LogP contribution in [0.3, 0.4) is 0 Å². The van der Waals surface area contributed by atoms with Gasteiger partial charge >= 0.3 is 6.09 Å². The highest BCUT2D eigenvalue weighted by molar-refractivity contribution is 6.03. The van der Waals surface area contributed by atoms with Gasteiger partial charge in [-0.1, -0.05) is 0 Å². The maximum Gasteiger partial charge on any atom is 0.414 e. The molecule has 1 N–H and O–H groups in total. The highest BCUT2D eigenvalue weighted by atomic mass is 19.1. The summed E-state index contributed by atoms with van der Waals surface area (Å²) in [5.74, 6) is -0.640. The van der Waals surface area contributed by atoms with Crippen LogP contribution in [0.15, 0.2) is 48.5 Å². The molecule has 29 heavy (non-hydrogen) atoms. The number of carbonyl (C=O) groups is 2. The number of nitrogens with zero attached hydrogens (tertiary/aromatic N) is 3. The molecule has 1 fully saturated rings. The zero-order valence-corrected chi connectivity index (χ0v) is 16.0. The molecule has 0 atom stereocenters. The van der Waals surface area contributed by atoms with Crippen LogP contribution >= 0.6 is 0 Å². The molecule has 1 aromatic heterocycles. The highest BCUT2D eigenvalue weighted by Crippen LogP contribution is 2.24. The maximum absolute atomic E-state index is 13.5. The lowest BCUT2D eigenvalue weighted by molar-refractivity contribution is 0.102. The van der Waals surface area contributed by atoms with Crippen LogP contribution in [-0.2, 0) is 11.8 Å². The number of anilines is 2. The first-order chi connectivity index (χ1) is 13.9. The number of hydrogen-bond donors (Lipinski definition) is 1. The summed E-state index contributed by atoms with van der Waals surface area (Å²) in [6.07, 6.45) is -0.376. The Kier molecular flexibility index (Phi) is 4.75. The van der Waals surface area contributed by atoms with Crippen LogP contribution in [0.4, 0.5) is 20.6 Å². The van der Waals surface area contributed by atoms with E-state index in [1.807, 2.05) is 0 Å². The van der Waals surface area contributed by atoms with Crippen molar-refractivity contribution in [2.45, 2.75) is 6.92 Å². The van der Waals surface area contributed by atoms with Gasteiger partial charge in [-0.25, -0.2) is 9.18 Å². The Hall–Kier alpha value is -3.68. The van der Waals surface area contributed by atoms with E-state index in [1.54, 1.807) is 61.1 Å². The topological polar surface area (TPSA) is 76.5 Å². The van der Waals surface area contributed by atoms with Crippen molar-refractivity contribution in [1.82, 2.24) is 9.78 Å². The summed E-state index contributed by atoms with van der Waals surface area (Å²) in [7, 11) is 1.73. The molecule has 1 aliphatic rings. The van der Waals surface area contributed by atoms with Crippen LogP contribution in [0, 0.1) is 12.7 Å². The van der Waals surface area contributed by atoms with Crippen LogP contribution < -0.4 is 10.2 Å². The number of aromatic nitrogens is 2. The van der Waals surface area contributed by atoms with Crippen molar-refractivity contribution in [1.29, 1.82) is 0 Å². The lowest BCUT2D eigenvalue weighted by Gasteiger charge is -2.13. The number of amides is 2. The van der Waals surface area contributed by atoms with Crippen LogP contribution in [0.5, 0.6) is 0 Å². The van der Waals surface area contributed by atoms with Gasteiger partial charge in [0.15, 0.2) is 5.69 Å². The van der Waals surface area contributed by atoms with Crippen molar-refractivity contribution >= 4 is 23.4 Å².